The van der Waals surface area contributed by atoms with E-state index in [1.807, 2.05) is 30.3 Å². The van der Waals surface area contributed by atoms with Crippen LogP contribution in [0.25, 0.3) is 0 Å². The van der Waals surface area contributed by atoms with Gasteiger partial charge in [-0.25, -0.2) is 8.78 Å². The molecule has 20 heavy (non-hydrogen) atoms. The minimum atomic E-state index is -2.98. The fourth-order valence-electron chi connectivity index (χ4n) is 1.86. The third kappa shape index (κ3) is 3.41. The molecule has 2 nitrogen and oxygen atoms in total. The molecule has 104 valence electrons. The lowest BCUT2D eigenvalue weighted by Crippen LogP contribution is -2.11. The van der Waals surface area contributed by atoms with E-state index in [9.17, 15) is 13.6 Å². The number of benzene rings is 2. The third-order valence-electron chi connectivity index (χ3n) is 2.91. The van der Waals surface area contributed by atoms with Crippen molar-refractivity contribution < 1.29 is 18.3 Å². The lowest BCUT2D eigenvalue weighted by atomic mass is 10.0. The van der Waals surface area contributed by atoms with Crippen LogP contribution in [0.3, 0.4) is 0 Å². The van der Waals surface area contributed by atoms with E-state index in [4.69, 9.17) is 4.74 Å². The first-order valence-corrected chi connectivity index (χ1v) is 6.17. The van der Waals surface area contributed by atoms with Gasteiger partial charge in [-0.05, 0) is 36.2 Å². The molecule has 0 spiro atoms. The summed E-state index contributed by atoms with van der Waals surface area (Å²) in [6.07, 6.45) is -2.98. The van der Waals surface area contributed by atoms with Crippen molar-refractivity contribution in [3.63, 3.8) is 0 Å². The zero-order valence-corrected chi connectivity index (χ0v) is 11.0. The number of ether oxygens (including phenoxy) is 1. The van der Waals surface area contributed by atoms with Crippen molar-refractivity contribution >= 4 is 5.78 Å². The van der Waals surface area contributed by atoms with Crippen LogP contribution in [0.2, 0.25) is 0 Å². The third-order valence-corrected chi connectivity index (χ3v) is 2.91. The van der Waals surface area contributed by atoms with Crippen LogP contribution in [0.5, 0.6) is 5.75 Å². The van der Waals surface area contributed by atoms with Crippen LogP contribution in [0, 0.1) is 6.92 Å². The number of halogens is 2. The van der Waals surface area contributed by atoms with Gasteiger partial charge in [0.05, 0.1) is 0 Å². The van der Waals surface area contributed by atoms with Gasteiger partial charge in [0.2, 0.25) is 5.78 Å². The van der Waals surface area contributed by atoms with Crippen LogP contribution in [-0.2, 0) is 6.61 Å². The quantitative estimate of drug-likeness (QED) is 0.771. The fourth-order valence-corrected chi connectivity index (χ4v) is 1.86. The van der Waals surface area contributed by atoms with E-state index in [0.29, 0.717) is 17.9 Å². The molecule has 2 aromatic rings. The molecule has 0 aliphatic rings. The molecule has 0 saturated heterocycles. The molecule has 0 atom stereocenters. The molecule has 0 radical (unpaired) electrons. The highest BCUT2D eigenvalue weighted by molar-refractivity contribution is 5.99. The summed E-state index contributed by atoms with van der Waals surface area (Å²) in [6, 6.07) is 14.1. The fraction of sp³-hybridized carbons (Fsp3) is 0.188. The number of ketones is 1. The first kappa shape index (κ1) is 14.2. The van der Waals surface area contributed by atoms with Crippen molar-refractivity contribution in [1.29, 1.82) is 0 Å². The van der Waals surface area contributed by atoms with Crippen LogP contribution in [0.1, 0.15) is 21.5 Å². The van der Waals surface area contributed by atoms with Crippen LogP contribution in [-0.4, -0.2) is 12.2 Å². The lowest BCUT2D eigenvalue weighted by Gasteiger charge is -2.09. The molecule has 0 saturated carbocycles. The zero-order valence-electron chi connectivity index (χ0n) is 11.0. The molecule has 0 heterocycles. The predicted octanol–water partition coefficient (Wildman–Crippen LogP) is 4.02. The summed E-state index contributed by atoms with van der Waals surface area (Å²) in [5.41, 5.74) is 1.53. The Morgan fingerprint density at radius 2 is 1.85 bits per heavy atom. The first-order chi connectivity index (χ1) is 9.58. The molecule has 0 bridgehead atoms. The molecular formula is C16H14F2O2. The van der Waals surface area contributed by atoms with Crippen molar-refractivity contribution in [2.45, 2.75) is 20.0 Å². The SMILES string of the molecule is Cc1cc(OCc2ccccc2)ccc1C(=O)C(F)F. The molecule has 0 N–H and O–H groups in total. The van der Waals surface area contributed by atoms with E-state index >= 15 is 0 Å². The van der Waals surface area contributed by atoms with E-state index in [0.717, 1.165) is 5.56 Å². The van der Waals surface area contributed by atoms with Gasteiger partial charge in [-0.15, -0.1) is 0 Å². The highest BCUT2D eigenvalue weighted by Gasteiger charge is 2.19. The van der Waals surface area contributed by atoms with E-state index in [-0.39, 0.29) is 5.56 Å². The second-order valence-electron chi connectivity index (χ2n) is 4.42. The van der Waals surface area contributed by atoms with Gasteiger partial charge in [0.25, 0.3) is 0 Å². The van der Waals surface area contributed by atoms with Gasteiger partial charge in [0, 0.05) is 5.56 Å². The van der Waals surface area contributed by atoms with Crippen molar-refractivity contribution in [1.82, 2.24) is 0 Å². The van der Waals surface area contributed by atoms with E-state index in [1.165, 1.54) is 12.1 Å². The molecule has 2 rings (SSSR count). The molecule has 0 aromatic heterocycles. The number of hydrogen-bond acceptors (Lipinski definition) is 2. The van der Waals surface area contributed by atoms with E-state index < -0.39 is 12.2 Å². The van der Waals surface area contributed by atoms with Crippen LogP contribution in [0.15, 0.2) is 48.5 Å². The number of Topliss-reactive ketones (excluding diaryl/α,β-unsaturated/α-hetero) is 1. The summed E-state index contributed by atoms with van der Waals surface area (Å²) >= 11 is 0. The highest BCUT2D eigenvalue weighted by atomic mass is 19.3. The Bertz CT molecular complexity index is 595. The number of rotatable bonds is 5. The second kappa shape index (κ2) is 6.28. The largest absolute Gasteiger partial charge is 0.489 e. The molecule has 0 unspecified atom stereocenters. The molecule has 0 aliphatic heterocycles. The number of carbonyl (C=O) groups excluding carboxylic acids is 1. The topological polar surface area (TPSA) is 26.3 Å². The molecule has 2 aromatic carbocycles. The summed E-state index contributed by atoms with van der Waals surface area (Å²) in [4.78, 5) is 11.3. The Morgan fingerprint density at radius 1 is 1.15 bits per heavy atom. The molecule has 0 amide bonds. The predicted molar refractivity (Wildman–Crippen MR) is 72.3 cm³/mol. The second-order valence-corrected chi connectivity index (χ2v) is 4.42. The number of hydrogen-bond donors (Lipinski definition) is 0. The Morgan fingerprint density at radius 3 is 2.45 bits per heavy atom. The maximum atomic E-state index is 12.4. The van der Waals surface area contributed by atoms with E-state index in [2.05, 4.69) is 0 Å². The Balaban J connectivity index is 2.08. The summed E-state index contributed by atoms with van der Waals surface area (Å²) in [5, 5.41) is 0. The Labute approximate surface area is 116 Å². The molecule has 4 heteroatoms. The maximum absolute atomic E-state index is 12.4. The average molecular weight is 276 g/mol. The van der Waals surface area contributed by atoms with Crippen molar-refractivity contribution in [2.75, 3.05) is 0 Å². The minimum Gasteiger partial charge on any atom is -0.489 e. The Hall–Kier alpha value is -2.23. The van der Waals surface area contributed by atoms with Gasteiger partial charge in [0.15, 0.2) is 0 Å². The van der Waals surface area contributed by atoms with Gasteiger partial charge >= 0.3 is 6.43 Å². The first-order valence-electron chi connectivity index (χ1n) is 6.17. The molecule has 0 aliphatic carbocycles. The average Bonchev–Trinajstić information content (AvgIpc) is 2.45. The summed E-state index contributed by atoms with van der Waals surface area (Å²) in [7, 11) is 0. The lowest BCUT2D eigenvalue weighted by molar-refractivity contribution is 0.0678. The molecule has 0 fully saturated rings. The van der Waals surface area contributed by atoms with E-state index in [1.54, 1.807) is 13.0 Å². The summed E-state index contributed by atoms with van der Waals surface area (Å²) in [5.74, 6) is -0.603. The van der Waals surface area contributed by atoms with Gasteiger partial charge in [-0.3, -0.25) is 4.79 Å². The maximum Gasteiger partial charge on any atom is 0.300 e. The van der Waals surface area contributed by atoms with Gasteiger partial charge in [0.1, 0.15) is 12.4 Å². The zero-order chi connectivity index (χ0) is 14.5. The smallest absolute Gasteiger partial charge is 0.300 e. The van der Waals surface area contributed by atoms with Crippen LogP contribution in [0.4, 0.5) is 8.78 Å². The molecular weight excluding hydrogens is 262 g/mol. The number of aryl methyl sites for hydroxylation is 1. The van der Waals surface area contributed by atoms with Gasteiger partial charge in [-0.1, -0.05) is 30.3 Å². The standard InChI is InChI=1S/C16H14F2O2/c1-11-9-13(7-8-14(11)15(19)16(17)18)20-10-12-5-3-2-4-6-12/h2-9,16H,10H2,1H3. The van der Waals surface area contributed by atoms with Crippen molar-refractivity contribution in [3.8, 4) is 5.75 Å². The minimum absolute atomic E-state index is 0.0343. The normalized spacial score (nSPS) is 10.6. The van der Waals surface area contributed by atoms with Crippen LogP contribution >= 0.6 is 0 Å². The number of alkyl halides is 2. The van der Waals surface area contributed by atoms with Gasteiger partial charge in [-0.2, -0.15) is 0 Å². The highest BCUT2D eigenvalue weighted by Crippen LogP contribution is 2.20. The monoisotopic (exact) mass is 276 g/mol. The summed E-state index contributed by atoms with van der Waals surface area (Å²) in [6.45, 7) is 2.01. The van der Waals surface area contributed by atoms with Gasteiger partial charge < -0.3 is 4.74 Å². The van der Waals surface area contributed by atoms with Crippen LogP contribution < -0.4 is 4.74 Å². The Kier molecular flexibility index (Phi) is 4.45. The number of carbonyl (C=O) groups is 1. The van der Waals surface area contributed by atoms with Crippen molar-refractivity contribution in [3.05, 3.63) is 65.2 Å². The summed E-state index contributed by atoms with van der Waals surface area (Å²) < 4.78 is 30.3. The van der Waals surface area contributed by atoms with Crippen molar-refractivity contribution in [2.24, 2.45) is 0 Å².